The van der Waals surface area contributed by atoms with Gasteiger partial charge in [0.1, 0.15) is 5.75 Å². The van der Waals surface area contributed by atoms with E-state index in [2.05, 4.69) is 5.10 Å². The van der Waals surface area contributed by atoms with Gasteiger partial charge >= 0.3 is 6.09 Å². The third kappa shape index (κ3) is 4.58. The topological polar surface area (TPSA) is 76.9 Å². The van der Waals surface area contributed by atoms with Gasteiger partial charge in [0.2, 0.25) is 0 Å². The van der Waals surface area contributed by atoms with Crippen LogP contribution in [0.25, 0.3) is 0 Å². The molecule has 0 N–H and O–H groups in total. The van der Waals surface area contributed by atoms with Gasteiger partial charge in [0.15, 0.2) is 12.4 Å². The van der Waals surface area contributed by atoms with Gasteiger partial charge in [0, 0.05) is 32.4 Å². The van der Waals surface area contributed by atoms with E-state index in [9.17, 15) is 9.59 Å². The maximum Gasteiger partial charge on any atom is 0.409 e. The number of para-hydroxylation sites is 1. The van der Waals surface area contributed by atoms with Crippen molar-refractivity contribution in [3.05, 3.63) is 47.8 Å². The molecule has 8 nitrogen and oxygen atoms in total. The number of ether oxygens (including phenoxy) is 2. The first kappa shape index (κ1) is 18.8. The predicted molar refractivity (Wildman–Crippen MR) is 98.5 cm³/mol. The summed E-state index contributed by atoms with van der Waals surface area (Å²) in [5.41, 5.74) is 1.41. The molecule has 0 atom stereocenters. The normalized spacial score (nSPS) is 14.1. The summed E-state index contributed by atoms with van der Waals surface area (Å²) in [5.74, 6) is 0.643. The highest BCUT2D eigenvalue weighted by atomic mass is 16.6. The summed E-state index contributed by atoms with van der Waals surface area (Å²) < 4.78 is 12.3. The fourth-order valence-electron chi connectivity index (χ4n) is 2.87. The second-order valence-electron chi connectivity index (χ2n) is 6.26. The first-order chi connectivity index (χ1) is 13.1. The summed E-state index contributed by atoms with van der Waals surface area (Å²) in [6, 6.07) is 9.42. The van der Waals surface area contributed by atoms with Gasteiger partial charge in [-0.3, -0.25) is 4.79 Å². The van der Waals surface area contributed by atoms with Crippen molar-refractivity contribution in [3.8, 4) is 5.75 Å². The lowest BCUT2D eigenvalue weighted by Crippen LogP contribution is -2.50. The minimum Gasteiger partial charge on any atom is -0.471 e. The second kappa shape index (κ2) is 8.57. The van der Waals surface area contributed by atoms with Crippen LogP contribution in [0.4, 0.5) is 4.79 Å². The van der Waals surface area contributed by atoms with E-state index in [4.69, 9.17) is 9.47 Å². The fraction of sp³-hybridized carbons (Fsp3) is 0.421. The summed E-state index contributed by atoms with van der Waals surface area (Å²) in [7, 11) is 0. The smallest absolute Gasteiger partial charge is 0.409 e. The first-order valence-electron chi connectivity index (χ1n) is 9.01. The molecule has 0 saturated carbocycles. The van der Waals surface area contributed by atoms with Gasteiger partial charge in [-0.25, -0.2) is 9.48 Å². The number of benzene rings is 1. The summed E-state index contributed by atoms with van der Waals surface area (Å²) in [4.78, 5) is 27.7. The summed E-state index contributed by atoms with van der Waals surface area (Å²) in [6.45, 7) is 6.17. The van der Waals surface area contributed by atoms with Crippen molar-refractivity contribution < 1.29 is 19.1 Å². The Morgan fingerprint density at radius 1 is 1.07 bits per heavy atom. The number of piperazine rings is 1. The molecule has 0 radical (unpaired) electrons. The molecule has 1 aliphatic heterocycles. The highest BCUT2D eigenvalue weighted by molar-refractivity contribution is 5.92. The van der Waals surface area contributed by atoms with E-state index in [1.807, 2.05) is 31.2 Å². The molecule has 2 aromatic rings. The summed E-state index contributed by atoms with van der Waals surface area (Å²) >= 11 is 0. The van der Waals surface area contributed by atoms with Crippen LogP contribution < -0.4 is 4.74 Å². The number of rotatable bonds is 5. The molecule has 0 spiro atoms. The van der Waals surface area contributed by atoms with Crippen LogP contribution in [-0.4, -0.2) is 64.4 Å². The Hall–Kier alpha value is -3.03. The number of aryl methyl sites for hydroxylation is 1. The van der Waals surface area contributed by atoms with Gasteiger partial charge in [0.25, 0.3) is 5.91 Å². The third-order valence-electron chi connectivity index (χ3n) is 4.40. The van der Waals surface area contributed by atoms with E-state index in [-0.39, 0.29) is 18.7 Å². The number of nitrogens with zero attached hydrogens (tertiary/aromatic N) is 4. The van der Waals surface area contributed by atoms with Crippen LogP contribution in [-0.2, 0) is 11.5 Å². The maximum absolute atomic E-state index is 12.6. The van der Waals surface area contributed by atoms with E-state index in [1.54, 1.807) is 33.7 Å². The monoisotopic (exact) mass is 372 g/mol. The van der Waals surface area contributed by atoms with E-state index >= 15 is 0 Å². The SMILES string of the molecule is CCOC(=O)N1CCN(C(=O)c2ccn(COc3ccccc3C)n2)CC1. The number of carbonyl (C=O) groups excluding carboxylic acids is 2. The van der Waals surface area contributed by atoms with Crippen molar-refractivity contribution in [2.75, 3.05) is 32.8 Å². The van der Waals surface area contributed by atoms with Crippen LogP contribution in [0.1, 0.15) is 23.0 Å². The molecular weight excluding hydrogens is 348 g/mol. The largest absolute Gasteiger partial charge is 0.471 e. The number of carbonyl (C=O) groups is 2. The lowest BCUT2D eigenvalue weighted by Gasteiger charge is -2.33. The van der Waals surface area contributed by atoms with Crippen LogP contribution >= 0.6 is 0 Å². The Labute approximate surface area is 158 Å². The number of aromatic nitrogens is 2. The number of hydrogen-bond acceptors (Lipinski definition) is 5. The lowest BCUT2D eigenvalue weighted by molar-refractivity contribution is 0.0564. The zero-order valence-electron chi connectivity index (χ0n) is 15.6. The molecule has 0 bridgehead atoms. The van der Waals surface area contributed by atoms with Gasteiger partial charge in [-0.05, 0) is 31.5 Å². The zero-order valence-corrected chi connectivity index (χ0v) is 15.6. The average Bonchev–Trinajstić information content (AvgIpc) is 3.16. The molecule has 1 aliphatic rings. The Kier molecular flexibility index (Phi) is 5.95. The summed E-state index contributed by atoms with van der Waals surface area (Å²) in [6.07, 6.45) is 1.39. The van der Waals surface area contributed by atoms with Gasteiger partial charge in [-0.2, -0.15) is 5.10 Å². The molecular formula is C19H24N4O4. The fourth-order valence-corrected chi connectivity index (χ4v) is 2.87. The standard InChI is InChI=1S/C19H24N4O4/c1-3-26-19(25)22-12-10-21(11-13-22)18(24)16-8-9-23(20-16)14-27-17-7-5-4-6-15(17)2/h4-9H,3,10-14H2,1-2H3. The first-order valence-corrected chi connectivity index (χ1v) is 9.01. The molecule has 8 heteroatoms. The van der Waals surface area contributed by atoms with Crippen molar-refractivity contribution >= 4 is 12.0 Å². The molecule has 144 valence electrons. The number of amides is 2. The van der Waals surface area contributed by atoms with E-state index in [0.717, 1.165) is 11.3 Å². The summed E-state index contributed by atoms with van der Waals surface area (Å²) in [5, 5.41) is 4.31. The molecule has 0 unspecified atom stereocenters. The van der Waals surface area contributed by atoms with E-state index < -0.39 is 0 Å². The molecule has 2 heterocycles. The Morgan fingerprint density at radius 3 is 2.48 bits per heavy atom. The molecule has 1 saturated heterocycles. The van der Waals surface area contributed by atoms with Crippen LogP contribution in [0.3, 0.4) is 0 Å². The number of hydrogen-bond donors (Lipinski definition) is 0. The van der Waals surface area contributed by atoms with Gasteiger partial charge in [-0.1, -0.05) is 18.2 Å². The average molecular weight is 372 g/mol. The van der Waals surface area contributed by atoms with Crippen molar-refractivity contribution in [2.24, 2.45) is 0 Å². The second-order valence-corrected chi connectivity index (χ2v) is 6.26. The van der Waals surface area contributed by atoms with Crippen molar-refractivity contribution in [3.63, 3.8) is 0 Å². The molecule has 2 amide bonds. The zero-order chi connectivity index (χ0) is 19.2. The van der Waals surface area contributed by atoms with Crippen LogP contribution in [0, 0.1) is 6.92 Å². The Bertz CT molecular complexity index is 797. The van der Waals surface area contributed by atoms with Crippen LogP contribution in [0.5, 0.6) is 5.75 Å². The van der Waals surface area contributed by atoms with Gasteiger partial charge in [0.05, 0.1) is 6.61 Å². The van der Waals surface area contributed by atoms with Crippen LogP contribution in [0.15, 0.2) is 36.5 Å². The van der Waals surface area contributed by atoms with Gasteiger partial charge in [-0.15, -0.1) is 0 Å². The highest BCUT2D eigenvalue weighted by Crippen LogP contribution is 2.16. The molecule has 0 aliphatic carbocycles. The van der Waals surface area contributed by atoms with Crippen molar-refractivity contribution in [2.45, 2.75) is 20.6 Å². The predicted octanol–water partition coefficient (Wildman–Crippen LogP) is 2.14. The van der Waals surface area contributed by atoms with E-state index in [0.29, 0.717) is 38.5 Å². The van der Waals surface area contributed by atoms with Gasteiger partial charge < -0.3 is 19.3 Å². The van der Waals surface area contributed by atoms with Crippen LogP contribution in [0.2, 0.25) is 0 Å². The van der Waals surface area contributed by atoms with E-state index in [1.165, 1.54) is 0 Å². The Balaban J connectivity index is 1.53. The molecule has 1 fully saturated rings. The Morgan fingerprint density at radius 2 is 1.78 bits per heavy atom. The highest BCUT2D eigenvalue weighted by Gasteiger charge is 2.26. The maximum atomic E-state index is 12.6. The van der Waals surface area contributed by atoms with Crippen molar-refractivity contribution in [1.29, 1.82) is 0 Å². The molecule has 1 aromatic carbocycles. The minimum atomic E-state index is -0.331. The minimum absolute atomic E-state index is 0.145. The molecule has 27 heavy (non-hydrogen) atoms. The molecule has 1 aromatic heterocycles. The quantitative estimate of drug-likeness (QED) is 0.804. The lowest BCUT2D eigenvalue weighted by atomic mass is 10.2. The molecule has 3 rings (SSSR count). The third-order valence-corrected chi connectivity index (χ3v) is 4.40. The van der Waals surface area contributed by atoms with Crippen molar-refractivity contribution in [1.82, 2.24) is 19.6 Å².